The number of nitrogens with zero attached hydrogens (tertiary/aromatic N) is 7. The van der Waals surface area contributed by atoms with E-state index in [1.807, 2.05) is 57.5 Å². The van der Waals surface area contributed by atoms with Gasteiger partial charge in [0.15, 0.2) is 0 Å². The highest BCUT2D eigenvalue weighted by Crippen LogP contribution is 2.16. The van der Waals surface area contributed by atoms with E-state index >= 15 is 0 Å². The van der Waals surface area contributed by atoms with E-state index in [9.17, 15) is 0 Å². The van der Waals surface area contributed by atoms with Crippen molar-refractivity contribution >= 4 is 33.8 Å². The second kappa shape index (κ2) is 9.28. The number of hydrogen-bond acceptors (Lipinski definition) is 6. The highest BCUT2D eigenvalue weighted by Gasteiger charge is 2.11. The number of aromatic nitrogens is 6. The molecule has 31 heavy (non-hydrogen) atoms. The highest BCUT2D eigenvalue weighted by atomic mass is 32.2. The van der Waals surface area contributed by atoms with Gasteiger partial charge in [0, 0.05) is 18.8 Å². The zero-order valence-corrected chi connectivity index (χ0v) is 17.9. The van der Waals surface area contributed by atoms with E-state index in [-0.39, 0.29) is 0 Å². The van der Waals surface area contributed by atoms with Crippen LogP contribution in [0.3, 0.4) is 0 Å². The monoisotopic (exact) mass is 429 g/mol. The van der Waals surface area contributed by atoms with E-state index in [1.54, 1.807) is 0 Å². The Kier molecular flexibility index (Phi) is 5.90. The Morgan fingerprint density at radius 3 is 2.06 bits per heavy atom. The van der Waals surface area contributed by atoms with Crippen molar-refractivity contribution in [3.05, 3.63) is 84.4 Å². The maximum Gasteiger partial charge on any atom is 0.113 e. The zero-order chi connectivity index (χ0) is 20.9. The average molecular weight is 430 g/mol. The van der Waals surface area contributed by atoms with E-state index in [1.165, 1.54) is 5.56 Å². The van der Waals surface area contributed by atoms with E-state index < -0.39 is 0 Å². The molecular formula is C23H23N7S. The molecule has 0 aliphatic carbocycles. The van der Waals surface area contributed by atoms with Crippen LogP contribution in [0.2, 0.25) is 0 Å². The van der Waals surface area contributed by atoms with Crippen LogP contribution in [0.4, 0.5) is 0 Å². The van der Waals surface area contributed by atoms with Gasteiger partial charge in [0.25, 0.3) is 0 Å². The fourth-order valence-electron chi connectivity index (χ4n) is 3.61. The second-order valence-corrected chi connectivity index (χ2v) is 8.45. The van der Waals surface area contributed by atoms with Gasteiger partial charge in [-0.05, 0) is 29.8 Å². The van der Waals surface area contributed by atoms with E-state index in [2.05, 4.69) is 68.0 Å². The maximum absolute atomic E-state index is 4.38. The van der Waals surface area contributed by atoms with Crippen LogP contribution in [-0.2, 0) is 19.1 Å². The summed E-state index contributed by atoms with van der Waals surface area (Å²) in [6.45, 7) is 2.49. The normalized spacial score (nSPS) is 11.6. The van der Waals surface area contributed by atoms with Crippen molar-refractivity contribution in [1.82, 2.24) is 34.9 Å². The summed E-state index contributed by atoms with van der Waals surface area (Å²) in [6.07, 6.45) is 0. The standard InChI is InChI=1S/C23H23N7S/c1-2-8-19(9-3-1)16-28(17-29-22-12-6-4-10-20(22)24-26-29)14-15-31-18-30-23-13-7-5-11-21(23)25-27-30/h1-13H,14-18H2. The minimum absolute atomic E-state index is 0.697. The van der Waals surface area contributed by atoms with Crippen LogP contribution in [0, 0.1) is 0 Å². The summed E-state index contributed by atoms with van der Waals surface area (Å²) in [5.41, 5.74) is 5.29. The first-order valence-electron chi connectivity index (χ1n) is 10.3. The Morgan fingerprint density at radius 1 is 0.710 bits per heavy atom. The van der Waals surface area contributed by atoms with Gasteiger partial charge in [-0.2, -0.15) is 0 Å². The molecule has 0 aliphatic rings. The smallest absolute Gasteiger partial charge is 0.113 e. The average Bonchev–Trinajstić information content (AvgIpc) is 3.42. The summed E-state index contributed by atoms with van der Waals surface area (Å²) in [5, 5.41) is 17.2. The predicted octanol–water partition coefficient (Wildman–Crippen LogP) is 4.03. The van der Waals surface area contributed by atoms with Gasteiger partial charge in [-0.25, -0.2) is 9.36 Å². The molecule has 0 bridgehead atoms. The fourth-order valence-corrected chi connectivity index (χ4v) is 4.49. The molecule has 8 heteroatoms. The molecule has 3 aromatic carbocycles. The molecule has 0 spiro atoms. The Hall–Kier alpha value is -3.23. The summed E-state index contributed by atoms with van der Waals surface area (Å²) in [7, 11) is 0. The lowest BCUT2D eigenvalue weighted by Crippen LogP contribution is -2.29. The third kappa shape index (κ3) is 4.60. The molecule has 2 aromatic heterocycles. The Balaban J connectivity index is 1.25. The molecule has 0 amide bonds. The predicted molar refractivity (Wildman–Crippen MR) is 124 cm³/mol. The Labute approximate surface area is 184 Å². The van der Waals surface area contributed by atoms with Gasteiger partial charge >= 0.3 is 0 Å². The number of thioether (sulfide) groups is 1. The zero-order valence-electron chi connectivity index (χ0n) is 17.1. The number of para-hydroxylation sites is 2. The third-order valence-corrected chi connectivity index (χ3v) is 6.09. The lowest BCUT2D eigenvalue weighted by molar-refractivity contribution is 0.213. The topological polar surface area (TPSA) is 64.7 Å². The Bertz CT molecular complexity index is 1260. The van der Waals surface area contributed by atoms with Gasteiger partial charge in [0.05, 0.1) is 23.6 Å². The molecular weight excluding hydrogens is 406 g/mol. The van der Waals surface area contributed by atoms with Gasteiger partial charge < -0.3 is 0 Å². The van der Waals surface area contributed by atoms with Crippen molar-refractivity contribution in [1.29, 1.82) is 0 Å². The lowest BCUT2D eigenvalue weighted by Gasteiger charge is -2.22. The van der Waals surface area contributed by atoms with Crippen molar-refractivity contribution in [3.8, 4) is 0 Å². The van der Waals surface area contributed by atoms with Crippen LogP contribution in [0.1, 0.15) is 5.56 Å². The molecule has 5 aromatic rings. The third-order valence-electron chi connectivity index (χ3n) is 5.19. The van der Waals surface area contributed by atoms with Gasteiger partial charge in [0.2, 0.25) is 0 Å². The van der Waals surface area contributed by atoms with Crippen molar-refractivity contribution in [2.24, 2.45) is 0 Å². The number of rotatable bonds is 9. The van der Waals surface area contributed by atoms with E-state index in [0.717, 1.165) is 46.8 Å². The van der Waals surface area contributed by atoms with Gasteiger partial charge in [-0.15, -0.1) is 22.0 Å². The highest BCUT2D eigenvalue weighted by molar-refractivity contribution is 7.98. The number of hydrogen-bond donors (Lipinski definition) is 0. The molecule has 5 rings (SSSR count). The van der Waals surface area contributed by atoms with Crippen LogP contribution < -0.4 is 0 Å². The molecule has 0 aliphatic heterocycles. The second-order valence-electron chi connectivity index (χ2n) is 7.37. The van der Waals surface area contributed by atoms with Crippen molar-refractivity contribution in [2.75, 3.05) is 12.3 Å². The molecule has 0 radical (unpaired) electrons. The maximum atomic E-state index is 4.38. The van der Waals surface area contributed by atoms with Gasteiger partial charge in [-0.1, -0.05) is 65.0 Å². The lowest BCUT2D eigenvalue weighted by atomic mass is 10.2. The van der Waals surface area contributed by atoms with Crippen LogP contribution in [0.5, 0.6) is 0 Å². The first-order valence-corrected chi connectivity index (χ1v) is 11.4. The summed E-state index contributed by atoms with van der Waals surface area (Å²) >= 11 is 1.85. The SMILES string of the molecule is c1ccc(CN(CCSCn2nnc3ccccc32)Cn2nnc3ccccc32)cc1. The van der Waals surface area contributed by atoms with Crippen molar-refractivity contribution < 1.29 is 0 Å². The molecule has 0 N–H and O–H groups in total. The van der Waals surface area contributed by atoms with Gasteiger partial charge in [0.1, 0.15) is 11.0 Å². The first kappa shape index (κ1) is 19.7. The molecule has 0 atom stereocenters. The van der Waals surface area contributed by atoms with Crippen LogP contribution in [-0.4, -0.2) is 47.2 Å². The van der Waals surface area contributed by atoms with E-state index in [0.29, 0.717) is 6.67 Å². The fraction of sp³-hybridized carbons (Fsp3) is 0.217. The molecule has 0 unspecified atom stereocenters. The summed E-state index contributed by atoms with van der Waals surface area (Å²) in [5.74, 6) is 1.76. The Morgan fingerprint density at radius 2 is 1.32 bits per heavy atom. The minimum Gasteiger partial charge on any atom is -0.279 e. The van der Waals surface area contributed by atoms with Crippen LogP contribution in [0.25, 0.3) is 22.1 Å². The quantitative estimate of drug-likeness (QED) is 0.330. The molecule has 156 valence electrons. The van der Waals surface area contributed by atoms with Crippen LogP contribution in [0.15, 0.2) is 78.9 Å². The number of fused-ring (bicyclic) bond motifs is 2. The number of benzene rings is 3. The van der Waals surface area contributed by atoms with E-state index in [4.69, 9.17) is 0 Å². The summed E-state index contributed by atoms with van der Waals surface area (Å²) < 4.78 is 3.94. The van der Waals surface area contributed by atoms with Crippen molar-refractivity contribution in [2.45, 2.75) is 19.1 Å². The van der Waals surface area contributed by atoms with Crippen LogP contribution >= 0.6 is 11.8 Å². The molecule has 0 saturated heterocycles. The van der Waals surface area contributed by atoms with Crippen molar-refractivity contribution in [3.63, 3.8) is 0 Å². The summed E-state index contributed by atoms with van der Waals surface area (Å²) in [6, 6.07) is 26.7. The molecule has 0 saturated carbocycles. The minimum atomic E-state index is 0.697. The molecule has 2 heterocycles. The summed E-state index contributed by atoms with van der Waals surface area (Å²) in [4.78, 5) is 2.41. The first-order chi connectivity index (χ1) is 15.4. The molecule has 0 fully saturated rings. The van der Waals surface area contributed by atoms with Gasteiger partial charge in [-0.3, -0.25) is 4.90 Å². The molecule has 7 nitrogen and oxygen atoms in total. The largest absolute Gasteiger partial charge is 0.279 e.